The van der Waals surface area contributed by atoms with Crippen molar-refractivity contribution in [3.63, 3.8) is 0 Å². The molecule has 1 heterocycles. The van der Waals surface area contributed by atoms with Crippen molar-refractivity contribution in [1.29, 1.82) is 0 Å². The summed E-state index contributed by atoms with van der Waals surface area (Å²) in [5, 5.41) is 10.8. The molecule has 0 spiro atoms. The Balaban J connectivity index is 2.94. The van der Waals surface area contributed by atoms with E-state index >= 15 is 0 Å². The highest BCUT2D eigenvalue weighted by Crippen LogP contribution is 2.25. The van der Waals surface area contributed by atoms with Crippen LogP contribution in [0.4, 0.5) is 0 Å². The summed E-state index contributed by atoms with van der Waals surface area (Å²) in [5.74, 6) is 0. The number of aryl methyl sites for hydroxylation is 1. The van der Waals surface area contributed by atoms with Crippen molar-refractivity contribution in [1.82, 2.24) is 15.5 Å². The van der Waals surface area contributed by atoms with Crippen LogP contribution in [0.1, 0.15) is 44.6 Å². The lowest BCUT2D eigenvalue weighted by molar-refractivity contribution is 0.555. The molecule has 0 amide bonds. The van der Waals surface area contributed by atoms with Gasteiger partial charge in [-0.1, -0.05) is 27.7 Å². The molecule has 0 radical (unpaired) electrons. The zero-order valence-corrected chi connectivity index (χ0v) is 9.86. The molecule has 80 valence electrons. The van der Waals surface area contributed by atoms with Crippen LogP contribution in [0.2, 0.25) is 0 Å². The summed E-state index contributed by atoms with van der Waals surface area (Å²) in [5.41, 5.74) is 3.79. The summed E-state index contributed by atoms with van der Waals surface area (Å²) in [6.07, 6.45) is 0. The zero-order chi connectivity index (χ0) is 10.8. The summed E-state index contributed by atoms with van der Waals surface area (Å²) >= 11 is 0. The number of aromatic nitrogens is 2. The van der Waals surface area contributed by atoms with Crippen molar-refractivity contribution in [2.75, 3.05) is 6.54 Å². The average Bonchev–Trinajstić information content (AvgIpc) is 2.42. The fourth-order valence-electron chi connectivity index (χ4n) is 1.54. The van der Waals surface area contributed by atoms with Gasteiger partial charge in [0, 0.05) is 23.2 Å². The molecular formula is C11H21N3. The van der Waals surface area contributed by atoms with Gasteiger partial charge in [0.25, 0.3) is 0 Å². The van der Waals surface area contributed by atoms with E-state index in [4.69, 9.17) is 0 Å². The highest BCUT2D eigenvalue weighted by Gasteiger charge is 2.22. The maximum atomic E-state index is 4.37. The summed E-state index contributed by atoms with van der Waals surface area (Å²) in [6.45, 7) is 12.7. The quantitative estimate of drug-likeness (QED) is 0.775. The van der Waals surface area contributed by atoms with Crippen molar-refractivity contribution in [2.24, 2.45) is 0 Å². The molecule has 1 aromatic heterocycles. The van der Waals surface area contributed by atoms with E-state index in [0.717, 1.165) is 13.1 Å². The first-order chi connectivity index (χ1) is 6.46. The molecule has 0 fully saturated rings. The van der Waals surface area contributed by atoms with E-state index in [1.54, 1.807) is 0 Å². The Labute approximate surface area is 86.3 Å². The van der Waals surface area contributed by atoms with Crippen LogP contribution in [0.25, 0.3) is 0 Å². The fourth-order valence-corrected chi connectivity index (χ4v) is 1.54. The lowest BCUT2D eigenvalue weighted by Crippen LogP contribution is -2.19. The minimum atomic E-state index is 0.121. The largest absolute Gasteiger partial charge is 0.313 e. The van der Waals surface area contributed by atoms with E-state index in [0.29, 0.717) is 0 Å². The molecule has 0 bridgehead atoms. The number of nitrogens with zero attached hydrogens (tertiary/aromatic N) is 1. The minimum Gasteiger partial charge on any atom is -0.313 e. The van der Waals surface area contributed by atoms with Gasteiger partial charge in [0.2, 0.25) is 0 Å². The van der Waals surface area contributed by atoms with Crippen molar-refractivity contribution < 1.29 is 0 Å². The van der Waals surface area contributed by atoms with Gasteiger partial charge in [0.15, 0.2) is 0 Å². The second-order valence-corrected chi connectivity index (χ2v) is 4.71. The molecule has 1 rings (SSSR count). The maximum absolute atomic E-state index is 4.37. The van der Waals surface area contributed by atoms with E-state index in [2.05, 4.69) is 50.1 Å². The molecule has 3 heteroatoms. The van der Waals surface area contributed by atoms with Gasteiger partial charge < -0.3 is 5.32 Å². The summed E-state index contributed by atoms with van der Waals surface area (Å²) in [6, 6.07) is 0. The Morgan fingerprint density at radius 1 is 1.36 bits per heavy atom. The number of H-pyrrole nitrogens is 1. The van der Waals surface area contributed by atoms with Gasteiger partial charge >= 0.3 is 0 Å². The molecule has 0 saturated heterocycles. The molecule has 0 aliphatic heterocycles. The van der Waals surface area contributed by atoms with Crippen LogP contribution in [0.3, 0.4) is 0 Å². The Morgan fingerprint density at radius 3 is 2.50 bits per heavy atom. The van der Waals surface area contributed by atoms with Crippen molar-refractivity contribution in [3.05, 3.63) is 17.0 Å². The van der Waals surface area contributed by atoms with E-state index < -0.39 is 0 Å². The number of aromatic amines is 1. The van der Waals surface area contributed by atoms with Crippen molar-refractivity contribution >= 4 is 0 Å². The molecule has 0 atom stereocenters. The third kappa shape index (κ3) is 2.35. The Hall–Kier alpha value is -0.830. The highest BCUT2D eigenvalue weighted by molar-refractivity contribution is 5.29. The number of hydrogen-bond acceptors (Lipinski definition) is 2. The Morgan fingerprint density at radius 2 is 2.00 bits per heavy atom. The first-order valence-corrected chi connectivity index (χ1v) is 5.21. The van der Waals surface area contributed by atoms with Crippen molar-refractivity contribution in [2.45, 2.75) is 46.6 Å². The summed E-state index contributed by atoms with van der Waals surface area (Å²) < 4.78 is 0. The molecule has 3 nitrogen and oxygen atoms in total. The van der Waals surface area contributed by atoms with Crippen LogP contribution >= 0.6 is 0 Å². The lowest BCUT2D eigenvalue weighted by Gasteiger charge is -2.17. The van der Waals surface area contributed by atoms with E-state index in [1.165, 1.54) is 17.0 Å². The third-order valence-electron chi connectivity index (χ3n) is 2.34. The molecule has 14 heavy (non-hydrogen) atoms. The second kappa shape index (κ2) is 4.13. The molecule has 2 N–H and O–H groups in total. The van der Waals surface area contributed by atoms with Gasteiger partial charge in [-0.3, -0.25) is 5.10 Å². The van der Waals surface area contributed by atoms with Gasteiger partial charge in [0.1, 0.15) is 0 Å². The molecule has 0 aromatic carbocycles. The smallest absolute Gasteiger partial charge is 0.0723 e. The number of hydrogen-bond donors (Lipinski definition) is 2. The minimum absolute atomic E-state index is 0.121. The zero-order valence-electron chi connectivity index (χ0n) is 9.86. The predicted octanol–water partition coefficient (Wildman–Crippen LogP) is 2.13. The summed E-state index contributed by atoms with van der Waals surface area (Å²) in [4.78, 5) is 0. The SMILES string of the molecule is CCNCc1c(C(C)(C)C)n[nH]c1C. The Kier molecular flexibility index (Phi) is 3.32. The molecule has 0 saturated carbocycles. The first kappa shape index (κ1) is 11.2. The van der Waals surface area contributed by atoms with Gasteiger partial charge in [-0.15, -0.1) is 0 Å². The van der Waals surface area contributed by atoms with Gasteiger partial charge in [-0.25, -0.2) is 0 Å². The van der Waals surface area contributed by atoms with E-state index in [-0.39, 0.29) is 5.41 Å². The Bertz CT molecular complexity index is 294. The normalized spacial score (nSPS) is 12.1. The van der Waals surface area contributed by atoms with Crippen molar-refractivity contribution in [3.8, 4) is 0 Å². The number of nitrogens with one attached hydrogen (secondary N) is 2. The van der Waals surface area contributed by atoms with Crippen LogP contribution in [-0.4, -0.2) is 16.7 Å². The number of rotatable bonds is 3. The van der Waals surface area contributed by atoms with E-state index in [9.17, 15) is 0 Å². The van der Waals surface area contributed by atoms with Crippen LogP contribution in [-0.2, 0) is 12.0 Å². The first-order valence-electron chi connectivity index (χ1n) is 5.21. The molecule has 0 unspecified atom stereocenters. The van der Waals surface area contributed by atoms with Crippen LogP contribution in [0.5, 0.6) is 0 Å². The molecule has 1 aromatic rings. The standard InChI is InChI=1S/C11H21N3/c1-6-12-7-9-8(2)13-14-10(9)11(3,4)5/h12H,6-7H2,1-5H3,(H,13,14). The average molecular weight is 195 g/mol. The van der Waals surface area contributed by atoms with Gasteiger partial charge in [-0.2, -0.15) is 5.10 Å². The maximum Gasteiger partial charge on any atom is 0.0723 e. The molecular weight excluding hydrogens is 174 g/mol. The van der Waals surface area contributed by atoms with Crippen LogP contribution in [0.15, 0.2) is 0 Å². The predicted molar refractivity (Wildman–Crippen MR) is 59.4 cm³/mol. The monoisotopic (exact) mass is 195 g/mol. The summed E-state index contributed by atoms with van der Waals surface area (Å²) in [7, 11) is 0. The topological polar surface area (TPSA) is 40.7 Å². The highest BCUT2D eigenvalue weighted by atomic mass is 15.1. The molecule has 0 aliphatic rings. The van der Waals surface area contributed by atoms with Crippen LogP contribution in [0, 0.1) is 6.92 Å². The van der Waals surface area contributed by atoms with Crippen LogP contribution < -0.4 is 5.32 Å². The van der Waals surface area contributed by atoms with E-state index in [1.807, 2.05) is 0 Å². The fraction of sp³-hybridized carbons (Fsp3) is 0.727. The molecule has 0 aliphatic carbocycles. The second-order valence-electron chi connectivity index (χ2n) is 4.71. The lowest BCUT2D eigenvalue weighted by atomic mass is 9.89. The third-order valence-corrected chi connectivity index (χ3v) is 2.34. The van der Waals surface area contributed by atoms with Gasteiger partial charge in [0.05, 0.1) is 5.69 Å². The van der Waals surface area contributed by atoms with Gasteiger partial charge in [-0.05, 0) is 13.5 Å².